The van der Waals surface area contributed by atoms with Gasteiger partial charge in [-0.3, -0.25) is 0 Å². The first-order valence-electron chi connectivity index (χ1n) is 31.1. The second kappa shape index (κ2) is 23.8. The maximum absolute atomic E-state index is 15.7. The highest BCUT2D eigenvalue weighted by molar-refractivity contribution is 7.86. The van der Waals surface area contributed by atoms with E-state index in [-0.39, 0.29) is 0 Å². The second-order valence-electron chi connectivity index (χ2n) is 23.2. The lowest BCUT2D eigenvalue weighted by molar-refractivity contribution is 0.590. The zero-order valence-electron chi connectivity index (χ0n) is 50.7. The molecule has 0 aliphatic carbocycles. The van der Waals surface area contributed by atoms with Crippen LogP contribution < -0.4 is 46.1 Å². The van der Waals surface area contributed by atoms with Crippen molar-refractivity contribution in [1.82, 2.24) is 0 Å². The van der Waals surface area contributed by atoms with Gasteiger partial charge in [-0.15, -0.1) is 0 Å². The minimum atomic E-state index is -3.27. The topological polar surface area (TPSA) is 73.4 Å². The molecule has 0 radical (unpaired) electrons. The third-order valence-corrected chi connectivity index (χ3v) is 23.3. The van der Waals surface area contributed by atoms with E-state index in [0.29, 0.717) is 17.1 Å². The molecule has 0 amide bonds. The first kappa shape index (κ1) is 56.8. The van der Waals surface area contributed by atoms with Crippen LogP contribution in [0.4, 0.5) is 68.2 Å². The van der Waals surface area contributed by atoms with Crippen molar-refractivity contribution in [3.05, 3.63) is 346 Å². The Labute approximate surface area is 540 Å². The van der Waals surface area contributed by atoms with E-state index < -0.39 is 14.3 Å². The van der Waals surface area contributed by atoms with Crippen LogP contribution in [0.3, 0.4) is 0 Å². The van der Waals surface area contributed by atoms with Gasteiger partial charge in [0.25, 0.3) is 0 Å². The molecule has 2 atom stereocenters. The molecular weight excluding hydrogens is 1180 g/mol. The molecule has 8 nitrogen and oxygen atoms in total. The van der Waals surface area contributed by atoms with Crippen LogP contribution in [0, 0.1) is 0 Å². The van der Waals surface area contributed by atoms with Gasteiger partial charge in [0.15, 0.2) is 7.14 Å². The molecule has 2 unspecified atom stereocenters. The molecule has 93 heavy (non-hydrogen) atoms. The van der Waals surface area contributed by atoms with Gasteiger partial charge < -0.3 is 37.6 Å². The fraction of sp³-hybridized carbons (Fsp3) is 0.0120. The molecule has 10 heteroatoms. The van der Waals surface area contributed by atoms with Crippen LogP contribution in [0.1, 0.15) is 0 Å². The Kier molecular flexibility index (Phi) is 14.5. The first-order valence-corrected chi connectivity index (χ1v) is 34.9. The van der Waals surface area contributed by atoms with E-state index in [1.807, 2.05) is 195 Å². The minimum absolute atomic E-state index is 0.670. The first-order chi connectivity index (χ1) is 45.8. The average molecular weight is 1240 g/mol. The number of anilines is 12. The normalized spacial score (nSPS) is 14.9. The maximum Gasteiger partial charge on any atom is 0.176 e. The molecule has 2 aliphatic rings. The Morgan fingerprint density at radius 1 is 0.258 bits per heavy atom. The molecule has 13 aromatic carbocycles. The van der Waals surface area contributed by atoms with Gasteiger partial charge in [-0.1, -0.05) is 176 Å². The number of rotatable bonds is 13. The zero-order valence-corrected chi connectivity index (χ0v) is 52.5. The summed E-state index contributed by atoms with van der Waals surface area (Å²) in [5.41, 5.74) is 15.4. The Bertz CT molecular complexity index is 5130. The van der Waals surface area contributed by atoms with Crippen LogP contribution in [-0.4, -0.2) is 6.66 Å². The van der Waals surface area contributed by atoms with Crippen LogP contribution in [0.5, 0.6) is 0 Å². The summed E-state index contributed by atoms with van der Waals surface area (Å²) in [7, 11) is -6.17. The van der Waals surface area contributed by atoms with Crippen LogP contribution in [-0.2, 0) is 9.13 Å². The van der Waals surface area contributed by atoms with E-state index >= 15 is 4.57 Å². The Morgan fingerprint density at radius 2 is 0.516 bits per heavy atom. The van der Waals surface area contributed by atoms with Crippen molar-refractivity contribution < 1.29 is 18.0 Å². The summed E-state index contributed by atoms with van der Waals surface area (Å²) in [6, 6.07) is 117. The van der Waals surface area contributed by atoms with E-state index in [9.17, 15) is 4.57 Å². The largest absolute Gasteiger partial charge is 0.455 e. The number of nitrogens with zero attached hydrogens (tertiary/aromatic N) is 4. The number of benzene rings is 13. The fourth-order valence-corrected chi connectivity index (χ4v) is 19.0. The smallest absolute Gasteiger partial charge is 0.176 e. The van der Waals surface area contributed by atoms with Crippen molar-refractivity contribution in [1.29, 1.82) is 0 Å². The summed E-state index contributed by atoms with van der Waals surface area (Å²) in [4.78, 5) is 8.87. The molecule has 446 valence electrons. The zero-order chi connectivity index (χ0) is 62.5. The monoisotopic (exact) mass is 1240 g/mol. The van der Waals surface area contributed by atoms with Gasteiger partial charge in [-0.2, -0.15) is 0 Å². The molecule has 2 aliphatic heterocycles. The molecular formula is C83H60N4O4P2. The lowest BCUT2D eigenvalue weighted by Gasteiger charge is -2.26. The minimum Gasteiger partial charge on any atom is -0.455 e. The Hall–Kier alpha value is -11.4. The van der Waals surface area contributed by atoms with Gasteiger partial charge >= 0.3 is 0 Å². The van der Waals surface area contributed by atoms with Crippen molar-refractivity contribution in [2.75, 3.05) is 26.3 Å². The van der Waals surface area contributed by atoms with Crippen LogP contribution in [0.25, 0.3) is 44.6 Å². The quantitative estimate of drug-likeness (QED) is 0.106. The van der Waals surface area contributed by atoms with Crippen molar-refractivity contribution in [3.8, 4) is 22.6 Å². The van der Waals surface area contributed by atoms with Crippen LogP contribution >= 0.6 is 14.3 Å². The third-order valence-electron chi connectivity index (χ3n) is 17.6. The van der Waals surface area contributed by atoms with Crippen molar-refractivity contribution in [2.24, 2.45) is 0 Å². The number of furan rings is 2. The molecule has 0 spiro atoms. The van der Waals surface area contributed by atoms with Crippen molar-refractivity contribution in [2.45, 2.75) is 0 Å². The predicted molar refractivity (Wildman–Crippen MR) is 388 cm³/mol. The average Bonchev–Trinajstić information content (AvgIpc) is 1.55. The SMILES string of the molecule is CP1(=O)c2ccc(N(c3ccccc3)c3ccccc3)cc2-c2oc3cc(N(c4ccccc4)c4ccccc4)ccc3c21.O=P1(c2ccccc2)c2ccc(N(c3ccccc3)c3ccccc3)cc2-c2oc3cc(N(c4ccccc4)c4ccccc4)ccc3c21. The lowest BCUT2D eigenvalue weighted by Crippen LogP contribution is -2.21. The van der Waals surface area contributed by atoms with Gasteiger partial charge in [-0.25, -0.2) is 0 Å². The molecule has 15 aromatic rings. The van der Waals surface area contributed by atoms with Gasteiger partial charge in [0, 0.05) is 118 Å². The summed E-state index contributed by atoms with van der Waals surface area (Å²) in [6.07, 6.45) is 0. The number of para-hydroxylation sites is 8. The third kappa shape index (κ3) is 10.0. The standard InChI is InChI=1S/C44H31N2O2P.C39H29N2O2P/c47-49(38-24-14-5-15-25-38)42-29-27-36(45(32-16-6-1-7-17-32)33-18-8-2-9-19-33)30-40(42)43-44(49)39-28-26-37(31-41(39)48-43)46(34-20-10-3-11-21-34)35-22-12-4-13-23-35;1-44(42)37-25-23-32(40(28-14-6-2-7-15-28)29-16-8-3-9-17-29)26-35(37)38-39(44)34-24-22-33(27-36(34)43-38)41(30-18-10-4-11-19-30)31-20-12-5-13-21-31/h1-31H;2-27H,1H3. The molecule has 4 heterocycles. The van der Waals surface area contributed by atoms with Crippen LogP contribution in [0.15, 0.2) is 355 Å². The molecule has 0 N–H and O–H groups in total. The molecule has 0 bridgehead atoms. The highest BCUT2D eigenvalue weighted by Crippen LogP contribution is 2.58. The maximum atomic E-state index is 15.7. The van der Waals surface area contributed by atoms with E-state index in [1.54, 1.807) is 0 Å². The summed E-state index contributed by atoms with van der Waals surface area (Å²) >= 11 is 0. The van der Waals surface area contributed by atoms with Crippen molar-refractivity contribution in [3.63, 3.8) is 0 Å². The summed E-state index contributed by atoms with van der Waals surface area (Å²) in [5, 5.41) is 5.79. The molecule has 0 saturated heterocycles. The number of hydrogen-bond donors (Lipinski definition) is 0. The second-order valence-corrected chi connectivity index (χ2v) is 28.7. The van der Waals surface area contributed by atoms with Crippen molar-refractivity contribution >= 4 is 131 Å². The molecule has 2 aromatic heterocycles. The van der Waals surface area contributed by atoms with E-state index in [1.165, 1.54) is 0 Å². The fourth-order valence-electron chi connectivity index (χ4n) is 13.4. The molecule has 0 saturated carbocycles. The predicted octanol–water partition coefficient (Wildman–Crippen LogP) is 21.3. The van der Waals surface area contributed by atoms with E-state index in [4.69, 9.17) is 8.83 Å². The van der Waals surface area contributed by atoms with Gasteiger partial charge in [0.2, 0.25) is 0 Å². The Balaban J connectivity index is 0.000000148. The lowest BCUT2D eigenvalue weighted by atomic mass is 10.1. The summed E-state index contributed by atoms with van der Waals surface area (Å²) in [5.74, 6) is 1.37. The van der Waals surface area contributed by atoms with Gasteiger partial charge in [0.05, 0.1) is 10.6 Å². The van der Waals surface area contributed by atoms with E-state index in [2.05, 4.69) is 177 Å². The van der Waals surface area contributed by atoms with Crippen LogP contribution in [0.2, 0.25) is 0 Å². The highest BCUT2D eigenvalue weighted by Gasteiger charge is 2.45. The van der Waals surface area contributed by atoms with Gasteiger partial charge in [-0.05, 0) is 164 Å². The number of fused-ring (bicyclic) bond motifs is 10. The number of hydrogen-bond acceptors (Lipinski definition) is 8. The molecule has 0 fully saturated rings. The summed E-state index contributed by atoms with van der Waals surface area (Å²) in [6.45, 7) is 1.87. The molecule has 17 rings (SSSR count). The Morgan fingerprint density at radius 3 is 0.849 bits per heavy atom. The summed E-state index contributed by atoms with van der Waals surface area (Å²) < 4.78 is 43.8. The van der Waals surface area contributed by atoms with E-state index in [0.717, 1.165) is 122 Å². The van der Waals surface area contributed by atoms with Gasteiger partial charge in [0.1, 0.15) is 29.8 Å². The highest BCUT2D eigenvalue weighted by atomic mass is 31.2.